The van der Waals surface area contributed by atoms with E-state index >= 15 is 0 Å². The molecule has 1 aliphatic heterocycles. The molecule has 2 heterocycles. The Hall–Kier alpha value is -2.42. The summed E-state index contributed by atoms with van der Waals surface area (Å²) in [6.45, 7) is 2.34. The number of ether oxygens (including phenoxy) is 3. The van der Waals surface area contributed by atoms with Gasteiger partial charge in [0.25, 0.3) is 0 Å². The summed E-state index contributed by atoms with van der Waals surface area (Å²) < 4.78 is 16.4. The predicted molar refractivity (Wildman–Crippen MR) is 116 cm³/mol. The predicted octanol–water partition coefficient (Wildman–Crippen LogP) is 2.83. The first kappa shape index (κ1) is 24.6. The maximum absolute atomic E-state index is 12.9. The van der Waals surface area contributed by atoms with Gasteiger partial charge < -0.3 is 29.7 Å². The Morgan fingerprint density at radius 1 is 1.24 bits per heavy atom. The van der Waals surface area contributed by atoms with Crippen molar-refractivity contribution < 1.29 is 19.0 Å². The molecule has 29 heavy (non-hydrogen) atoms. The number of anilines is 1. The molecule has 1 atom stereocenters. The summed E-state index contributed by atoms with van der Waals surface area (Å²) in [4.78, 5) is 18.7. The Kier molecular flexibility index (Phi) is 10.4. The van der Waals surface area contributed by atoms with Crippen molar-refractivity contribution in [2.24, 2.45) is 0 Å². The molecular formula is C19H26Cl2N4O4. The quantitative estimate of drug-likeness (QED) is 0.712. The maximum Gasteiger partial charge on any atom is 0.322 e. The second-order valence-corrected chi connectivity index (χ2v) is 6.05. The lowest BCUT2D eigenvalue weighted by molar-refractivity contribution is 0.132. The van der Waals surface area contributed by atoms with Crippen LogP contribution in [0.25, 0.3) is 0 Å². The van der Waals surface area contributed by atoms with Crippen molar-refractivity contribution in [2.45, 2.75) is 6.04 Å². The van der Waals surface area contributed by atoms with Crippen LogP contribution in [0.3, 0.4) is 0 Å². The number of piperazine rings is 1. The van der Waals surface area contributed by atoms with E-state index in [0.29, 0.717) is 42.6 Å². The highest BCUT2D eigenvalue weighted by Crippen LogP contribution is 2.29. The Balaban J connectivity index is 0.00000210. The van der Waals surface area contributed by atoms with Crippen molar-refractivity contribution in [1.82, 2.24) is 15.2 Å². The van der Waals surface area contributed by atoms with Gasteiger partial charge in [-0.1, -0.05) is 0 Å². The van der Waals surface area contributed by atoms with Gasteiger partial charge >= 0.3 is 6.03 Å². The number of aromatic nitrogens is 1. The minimum Gasteiger partial charge on any atom is -0.497 e. The third kappa shape index (κ3) is 6.56. The smallest absolute Gasteiger partial charge is 0.322 e. The Morgan fingerprint density at radius 3 is 2.76 bits per heavy atom. The van der Waals surface area contributed by atoms with E-state index in [1.165, 1.54) is 0 Å². The monoisotopic (exact) mass is 444 g/mol. The van der Waals surface area contributed by atoms with Crippen LogP contribution < -0.4 is 24.8 Å². The van der Waals surface area contributed by atoms with Crippen LogP contribution in [-0.2, 0) is 0 Å². The molecule has 1 unspecified atom stereocenters. The summed E-state index contributed by atoms with van der Waals surface area (Å²) in [6.07, 6.45) is 3.35. The summed E-state index contributed by atoms with van der Waals surface area (Å²) in [5.74, 6) is 1.89. The first-order valence-electron chi connectivity index (χ1n) is 8.74. The molecule has 1 aliphatic rings. The number of pyridine rings is 1. The first-order chi connectivity index (χ1) is 13.2. The number of rotatable bonds is 6. The van der Waals surface area contributed by atoms with Gasteiger partial charge in [0.15, 0.2) is 0 Å². The topological polar surface area (TPSA) is 85.0 Å². The van der Waals surface area contributed by atoms with Crippen LogP contribution in [0.4, 0.5) is 10.5 Å². The maximum atomic E-state index is 12.9. The number of carbonyl (C=O) groups excluding carboxylic acids is 1. The normalized spacial score (nSPS) is 15.4. The van der Waals surface area contributed by atoms with E-state index in [9.17, 15) is 4.79 Å². The fourth-order valence-corrected chi connectivity index (χ4v) is 2.90. The molecule has 2 amide bonds. The van der Waals surface area contributed by atoms with Crippen molar-refractivity contribution >= 4 is 36.5 Å². The highest BCUT2D eigenvalue weighted by Gasteiger charge is 2.28. The van der Waals surface area contributed by atoms with E-state index in [2.05, 4.69) is 15.6 Å². The Morgan fingerprint density at radius 2 is 2.07 bits per heavy atom. The lowest BCUT2D eigenvalue weighted by Crippen LogP contribution is -2.57. The molecule has 8 nitrogen and oxygen atoms in total. The number of hydrogen-bond acceptors (Lipinski definition) is 6. The zero-order chi connectivity index (χ0) is 19.1. The zero-order valence-electron chi connectivity index (χ0n) is 16.3. The number of carbonyl (C=O) groups is 1. The summed E-state index contributed by atoms with van der Waals surface area (Å²) in [5, 5.41) is 6.22. The minimum atomic E-state index is -0.206. The number of methoxy groups -OCH3 is 2. The van der Waals surface area contributed by atoms with Crippen LogP contribution in [0.5, 0.6) is 17.2 Å². The van der Waals surface area contributed by atoms with Crippen LogP contribution in [0.1, 0.15) is 0 Å². The van der Waals surface area contributed by atoms with E-state index in [1.807, 2.05) is 12.1 Å². The van der Waals surface area contributed by atoms with Crippen molar-refractivity contribution in [2.75, 3.05) is 45.8 Å². The number of halogens is 2. The highest BCUT2D eigenvalue weighted by atomic mass is 35.5. The number of urea groups is 1. The van der Waals surface area contributed by atoms with Crippen LogP contribution in [0, 0.1) is 0 Å². The standard InChI is InChI=1S/C19H24N4O4.2ClH/c1-25-15-5-6-18(26-2)17(10-15)22-19(24)23-9-8-21-11-14(23)13-27-16-4-3-7-20-12-16;;/h3-7,10,12,14,21H,8-9,11,13H2,1-2H3,(H,22,24);2*1H. The van der Waals surface area contributed by atoms with Crippen LogP contribution in [-0.4, -0.2) is 62.4 Å². The molecule has 1 fully saturated rings. The lowest BCUT2D eigenvalue weighted by Gasteiger charge is -2.36. The van der Waals surface area contributed by atoms with Gasteiger partial charge in [0.1, 0.15) is 23.9 Å². The first-order valence-corrected chi connectivity index (χ1v) is 8.74. The second kappa shape index (κ2) is 12.2. The third-order valence-electron chi connectivity index (χ3n) is 4.34. The second-order valence-electron chi connectivity index (χ2n) is 6.05. The molecule has 1 aromatic carbocycles. The molecule has 3 rings (SSSR count). The van der Waals surface area contributed by atoms with Gasteiger partial charge in [0, 0.05) is 31.9 Å². The lowest BCUT2D eigenvalue weighted by atomic mass is 10.2. The number of hydrogen-bond donors (Lipinski definition) is 2. The van der Waals surface area contributed by atoms with Gasteiger partial charge in [-0.25, -0.2) is 4.79 Å². The van der Waals surface area contributed by atoms with Gasteiger partial charge in [-0.15, -0.1) is 24.8 Å². The third-order valence-corrected chi connectivity index (χ3v) is 4.34. The molecule has 0 bridgehead atoms. The van der Waals surface area contributed by atoms with Gasteiger partial charge in [-0.3, -0.25) is 4.98 Å². The molecule has 2 aromatic rings. The van der Waals surface area contributed by atoms with Crippen molar-refractivity contribution in [1.29, 1.82) is 0 Å². The molecule has 0 aliphatic carbocycles. The number of nitrogens with one attached hydrogen (secondary N) is 2. The summed E-state index contributed by atoms with van der Waals surface area (Å²) >= 11 is 0. The van der Waals surface area contributed by atoms with Crippen LogP contribution >= 0.6 is 24.8 Å². The van der Waals surface area contributed by atoms with Gasteiger partial charge in [-0.05, 0) is 24.3 Å². The number of benzene rings is 1. The van der Waals surface area contributed by atoms with E-state index in [-0.39, 0.29) is 36.9 Å². The molecule has 0 saturated carbocycles. The minimum absolute atomic E-state index is 0. The van der Waals surface area contributed by atoms with E-state index in [0.717, 1.165) is 6.54 Å². The number of amides is 2. The fraction of sp³-hybridized carbons (Fsp3) is 0.368. The molecule has 1 aromatic heterocycles. The summed E-state index contributed by atoms with van der Waals surface area (Å²) in [6, 6.07) is 8.63. The molecule has 10 heteroatoms. The summed E-state index contributed by atoms with van der Waals surface area (Å²) in [7, 11) is 3.14. The molecule has 0 radical (unpaired) electrons. The molecular weight excluding hydrogens is 419 g/mol. The van der Waals surface area contributed by atoms with E-state index in [4.69, 9.17) is 14.2 Å². The largest absolute Gasteiger partial charge is 0.497 e. The fourth-order valence-electron chi connectivity index (χ4n) is 2.90. The Labute approximate surface area is 182 Å². The van der Waals surface area contributed by atoms with Gasteiger partial charge in [0.05, 0.1) is 32.1 Å². The summed E-state index contributed by atoms with van der Waals surface area (Å²) in [5.41, 5.74) is 0.562. The molecule has 1 saturated heterocycles. The van der Waals surface area contributed by atoms with Crippen molar-refractivity contribution in [3.63, 3.8) is 0 Å². The van der Waals surface area contributed by atoms with Gasteiger partial charge in [0.2, 0.25) is 0 Å². The molecule has 160 valence electrons. The van der Waals surface area contributed by atoms with Crippen LogP contribution in [0.15, 0.2) is 42.7 Å². The molecule has 2 N–H and O–H groups in total. The average Bonchev–Trinajstić information content (AvgIpc) is 2.73. The SMILES string of the molecule is COc1ccc(OC)c(NC(=O)N2CCNCC2COc2cccnc2)c1.Cl.Cl. The number of nitrogens with zero attached hydrogens (tertiary/aromatic N) is 2. The van der Waals surface area contributed by atoms with Crippen molar-refractivity contribution in [3.8, 4) is 17.2 Å². The zero-order valence-corrected chi connectivity index (χ0v) is 17.9. The average molecular weight is 445 g/mol. The molecule has 0 spiro atoms. The van der Waals surface area contributed by atoms with E-state index < -0.39 is 0 Å². The Bertz CT molecular complexity index is 767. The highest BCUT2D eigenvalue weighted by molar-refractivity contribution is 5.91. The van der Waals surface area contributed by atoms with Crippen molar-refractivity contribution in [3.05, 3.63) is 42.7 Å². The van der Waals surface area contributed by atoms with E-state index in [1.54, 1.807) is 49.7 Å². The van der Waals surface area contributed by atoms with Gasteiger partial charge in [-0.2, -0.15) is 0 Å². The van der Waals surface area contributed by atoms with Crippen LogP contribution in [0.2, 0.25) is 0 Å².